The zero-order chi connectivity index (χ0) is 19.3. The molecular weight excluding hydrogens is 376 g/mol. The highest BCUT2D eigenvalue weighted by Crippen LogP contribution is 2.22. The maximum Gasteiger partial charge on any atom is 0.258 e. The summed E-state index contributed by atoms with van der Waals surface area (Å²) in [7, 11) is 0. The summed E-state index contributed by atoms with van der Waals surface area (Å²) >= 11 is 1.51. The summed E-state index contributed by atoms with van der Waals surface area (Å²) in [5.41, 5.74) is 0.573. The monoisotopic (exact) mass is 398 g/mol. The molecule has 1 N–H and O–H groups in total. The van der Waals surface area contributed by atoms with Crippen LogP contribution in [0.5, 0.6) is 0 Å². The second-order valence-corrected chi connectivity index (χ2v) is 7.45. The molecule has 1 saturated heterocycles. The molecule has 4 rings (SSSR count). The van der Waals surface area contributed by atoms with Crippen molar-refractivity contribution in [1.82, 2.24) is 29.6 Å². The summed E-state index contributed by atoms with van der Waals surface area (Å²) in [5, 5.41) is 10.1. The number of rotatable bonds is 7. The van der Waals surface area contributed by atoms with Crippen LogP contribution in [0.25, 0.3) is 10.9 Å². The summed E-state index contributed by atoms with van der Waals surface area (Å²) in [5.74, 6) is 2.04. The van der Waals surface area contributed by atoms with E-state index in [-0.39, 0.29) is 5.56 Å². The molecule has 3 heterocycles. The van der Waals surface area contributed by atoms with Crippen LogP contribution in [0.1, 0.15) is 11.6 Å². The lowest BCUT2D eigenvalue weighted by atomic mass is 10.2. The lowest BCUT2D eigenvalue weighted by Gasteiger charge is -2.26. The maximum atomic E-state index is 12.2. The number of aromatic nitrogens is 5. The van der Waals surface area contributed by atoms with Crippen LogP contribution in [-0.4, -0.2) is 55.9 Å². The fraction of sp³-hybridized carbons (Fsp3) is 0.368. The van der Waals surface area contributed by atoms with E-state index in [1.165, 1.54) is 11.8 Å². The minimum Gasteiger partial charge on any atom is -0.379 e. The van der Waals surface area contributed by atoms with Gasteiger partial charge in [0.05, 0.1) is 36.4 Å². The molecule has 8 nitrogen and oxygen atoms in total. The largest absolute Gasteiger partial charge is 0.379 e. The van der Waals surface area contributed by atoms with Gasteiger partial charge in [0.15, 0.2) is 5.16 Å². The molecule has 0 radical (unpaired) electrons. The first kappa shape index (κ1) is 18.9. The Hall–Kier alpha value is -2.49. The molecule has 1 aliphatic heterocycles. The molecule has 0 amide bonds. The number of hydrogen-bond acceptors (Lipinski definition) is 7. The molecule has 0 atom stereocenters. The van der Waals surface area contributed by atoms with Crippen molar-refractivity contribution in [2.75, 3.05) is 26.3 Å². The first-order valence-corrected chi connectivity index (χ1v) is 10.2. The van der Waals surface area contributed by atoms with E-state index in [0.717, 1.165) is 43.8 Å². The number of ether oxygens (including phenoxy) is 1. The van der Waals surface area contributed by atoms with Gasteiger partial charge in [0, 0.05) is 19.6 Å². The molecule has 2 aromatic heterocycles. The number of nitrogens with zero attached hydrogens (tertiary/aromatic N) is 5. The Kier molecular flexibility index (Phi) is 5.84. The zero-order valence-electron chi connectivity index (χ0n) is 15.5. The molecular formula is C19H22N6O2S. The van der Waals surface area contributed by atoms with Crippen LogP contribution in [0, 0.1) is 0 Å². The third kappa shape index (κ3) is 4.16. The van der Waals surface area contributed by atoms with Crippen LogP contribution in [0.15, 0.2) is 46.9 Å². The minimum atomic E-state index is -0.123. The average Bonchev–Trinajstić information content (AvgIpc) is 3.09. The Labute approximate surface area is 166 Å². The third-order valence-electron chi connectivity index (χ3n) is 4.57. The molecule has 0 aliphatic carbocycles. The Morgan fingerprint density at radius 2 is 2.07 bits per heavy atom. The molecule has 3 aromatic rings. The number of para-hydroxylation sites is 1. The van der Waals surface area contributed by atoms with Crippen molar-refractivity contribution in [3.05, 3.63) is 58.9 Å². The molecule has 146 valence electrons. The topological polar surface area (TPSA) is 88.9 Å². The SMILES string of the molecule is C=CCn1c(CN2CCOCC2)nnc1SCc1nc2ccccc2c(=O)[nH]1. The van der Waals surface area contributed by atoms with Gasteiger partial charge in [-0.25, -0.2) is 4.98 Å². The van der Waals surface area contributed by atoms with E-state index < -0.39 is 0 Å². The molecule has 0 spiro atoms. The van der Waals surface area contributed by atoms with Crippen LogP contribution < -0.4 is 5.56 Å². The van der Waals surface area contributed by atoms with Crippen LogP contribution in [0.4, 0.5) is 0 Å². The van der Waals surface area contributed by atoms with Gasteiger partial charge >= 0.3 is 0 Å². The van der Waals surface area contributed by atoms with Crippen molar-refractivity contribution in [3.8, 4) is 0 Å². The van der Waals surface area contributed by atoms with E-state index in [2.05, 4.69) is 36.2 Å². The van der Waals surface area contributed by atoms with E-state index in [0.29, 0.717) is 29.0 Å². The van der Waals surface area contributed by atoms with Gasteiger partial charge in [-0.1, -0.05) is 30.0 Å². The molecule has 1 aliphatic rings. The number of benzene rings is 1. The van der Waals surface area contributed by atoms with E-state index in [1.807, 2.05) is 24.3 Å². The fourth-order valence-electron chi connectivity index (χ4n) is 3.15. The Balaban J connectivity index is 1.51. The van der Waals surface area contributed by atoms with Crippen LogP contribution >= 0.6 is 11.8 Å². The number of morpholine rings is 1. The molecule has 0 unspecified atom stereocenters. The average molecular weight is 398 g/mol. The standard InChI is InChI=1S/C19H22N6O2S/c1-2-7-25-17(12-24-8-10-27-11-9-24)22-23-19(25)28-13-16-20-15-6-4-3-5-14(15)18(26)21-16/h2-6H,1,7-13H2,(H,20,21,26). The normalized spacial score (nSPS) is 15.1. The number of hydrogen-bond donors (Lipinski definition) is 1. The molecule has 28 heavy (non-hydrogen) atoms. The summed E-state index contributed by atoms with van der Waals surface area (Å²) in [6.07, 6.45) is 1.84. The lowest BCUT2D eigenvalue weighted by molar-refractivity contribution is 0.0325. The summed E-state index contributed by atoms with van der Waals surface area (Å²) in [4.78, 5) is 22.0. The van der Waals surface area contributed by atoms with E-state index in [1.54, 1.807) is 6.07 Å². The third-order valence-corrected chi connectivity index (χ3v) is 5.55. The first-order chi connectivity index (χ1) is 13.7. The van der Waals surface area contributed by atoms with Crippen molar-refractivity contribution >= 4 is 22.7 Å². The number of fused-ring (bicyclic) bond motifs is 1. The van der Waals surface area contributed by atoms with Gasteiger partial charge in [-0.05, 0) is 12.1 Å². The van der Waals surface area contributed by atoms with Gasteiger partial charge < -0.3 is 14.3 Å². The van der Waals surface area contributed by atoms with Crippen molar-refractivity contribution in [2.24, 2.45) is 0 Å². The van der Waals surface area contributed by atoms with Crippen molar-refractivity contribution in [2.45, 2.75) is 24.0 Å². The van der Waals surface area contributed by atoms with Gasteiger partial charge in [0.25, 0.3) is 5.56 Å². The van der Waals surface area contributed by atoms with Crippen LogP contribution in [-0.2, 0) is 23.6 Å². The quantitative estimate of drug-likeness (QED) is 0.480. The zero-order valence-corrected chi connectivity index (χ0v) is 16.3. The predicted molar refractivity (Wildman–Crippen MR) is 108 cm³/mol. The summed E-state index contributed by atoms with van der Waals surface area (Å²) in [6, 6.07) is 7.34. The van der Waals surface area contributed by atoms with Gasteiger partial charge in [-0.15, -0.1) is 16.8 Å². The Morgan fingerprint density at radius 1 is 1.25 bits per heavy atom. The fourth-order valence-corrected chi connectivity index (χ4v) is 3.99. The van der Waals surface area contributed by atoms with Crippen LogP contribution in [0.2, 0.25) is 0 Å². The number of thioether (sulfide) groups is 1. The van der Waals surface area contributed by atoms with Gasteiger partial charge in [0.2, 0.25) is 0 Å². The molecule has 1 aromatic carbocycles. The van der Waals surface area contributed by atoms with Crippen molar-refractivity contribution in [1.29, 1.82) is 0 Å². The Morgan fingerprint density at radius 3 is 2.89 bits per heavy atom. The number of allylic oxidation sites excluding steroid dienone is 1. The van der Waals surface area contributed by atoms with E-state index in [9.17, 15) is 4.79 Å². The van der Waals surface area contributed by atoms with Gasteiger partial charge in [-0.3, -0.25) is 9.69 Å². The molecule has 0 saturated carbocycles. The maximum absolute atomic E-state index is 12.2. The van der Waals surface area contributed by atoms with Crippen molar-refractivity contribution < 1.29 is 4.74 Å². The lowest BCUT2D eigenvalue weighted by Crippen LogP contribution is -2.36. The summed E-state index contributed by atoms with van der Waals surface area (Å²) < 4.78 is 7.47. The second-order valence-electron chi connectivity index (χ2n) is 6.51. The number of H-pyrrole nitrogens is 1. The van der Waals surface area contributed by atoms with E-state index in [4.69, 9.17) is 4.74 Å². The van der Waals surface area contributed by atoms with Gasteiger partial charge in [0.1, 0.15) is 11.6 Å². The molecule has 1 fully saturated rings. The highest BCUT2D eigenvalue weighted by molar-refractivity contribution is 7.98. The number of aromatic amines is 1. The van der Waals surface area contributed by atoms with E-state index >= 15 is 0 Å². The highest BCUT2D eigenvalue weighted by atomic mass is 32.2. The molecule has 9 heteroatoms. The van der Waals surface area contributed by atoms with Crippen LogP contribution in [0.3, 0.4) is 0 Å². The molecule has 0 bridgehead atoms. The van der Waals surface area contributed by atoms with Gasteiger partial charge in [-0.2, -0.15) is 0 Å². The first-order valence-electron chi connectivity index (χ1n) is 9.18. The minimum absolute atomic E-state index is 0.123. The predicted octanol–water partition coefficient (Wildman–Crippen LogP) is 1.83. The number of nitrogens with one attached hydrogen (secondary N) is 1. The summed E-state index contributed by atoms with van der Waals surface area (Å²) in [6.45, 7) is 8.50. The van der Waals surface area contributed by atoms with Crippen molar-refractivity contribution in [3.63, 3.8) is 0 Å². The second kappa shape index (κ2) is 8.68. The highest BCUT2D eigenvalue weighted by Gasteiger charge is 2.17. The smallest absolute Gasteiger partial charge is 0.258 e. The Bertz CT molecular complexity index is 1020.